The standard InChI is InChI=1S/C17H28N2O/c1-14-7-8-19(15(2)11-14)9-10-20-17-6-4-5-16(12-17)13-18-3/h4-6,12,14-15,18H,7-11,13H2,1-3H3. The Morgan fingerprint density at radius 3 is 2.95 bits per heavy atom. The molecule has 0 radical (unpaired) electrons. The van der Waals surface area contributed by atoms with Crippen LogP contribution in [0.1, 0.15) is 32.3 Å². The SMILES string of the molecule is CNCc1cccc(OCCN2CCC(C)CC2C)c1. The zero-order chi connectivity index (χ0) is 14.4. The van der Waals surface area contributed by atoms with Crippen molar-refractivity contribution in [3.8, 4) is 5.75 Å². The van der Waals surface area contributed by atoms with Crippen molar-refractivity contribution < 1.29 is 4.74 Å². The monoisotopic (exact) mass is 276 g/mol. The summed E-state index contributed by atoms with van der Waals surface area (Å²) >= 11 is 0. The summed E-state index contributed by atoms with van der Waals surface area (Å²) in [7, 11) is 1.96. The fourth-order valence-electron chi connectivity index (χ4n) is 3.02. The molecule has 1 aromatic carbocycles. The van der Waals surface area contributed by atoms with Crippen LogP contribution in [0.25, 0.3) is 0 Å². The second-order valence-electron chi connectivity index (χ2n) is 6.04. The van der Waals surface area contributed by atoms with E-state index in [0.29, 0.717) is 6.04 Å². The molecule has 1 N–H and O–H groups in total. The van der Waals surface area contributed by atoms with Gasteiger partial charge in [-0.25, -0.2) is 0 Å². The molecule has 112 valence electrons. The lowest BCUT2D eigenvalue weighted by Gasteiger charge is -2.36. The number of hydrogen-bond acceptors (Lipinski definition) is 3. The van der Waals surface area contributed by atoms with E-state index in [9.17, 15) is 0 Å². The van der Waals surface area contributed by atoms with Crippen molar-refractivity contribution in [2.45, 2.75) is 39.3 Å². The first-order valence-electron chi connectivity index (χ1n) is 7.79. The van der Waals surface area contributed by atoms with Gasteiger partial charge in [0.25, 0.3) is 0 Å². The Morgan fingerprint density at radius 1 is 1.35 bits per heavy atom. The molecule has 2 rings (SSSR count). The van der Waals surface area contributed by atoms with Gasteiger partial charge in [-0.2, -0.15) is 0 Å². The zero-order valence-electron chi connectivity index (χ0n) is 13.1. The predicted molar refractivity (Wildman–Crippen MR) is 84.1 cm³/mol. The van der Waals surface area contributed by atoms with Crippen LogP contribution in [0.5, 0.6) is 5.75 Å². The van der Waals surface area contributed by atoms with Crippen LogP contribution in [0.15, 0.2) is 24.3 Å². The topological polar surface area (TPSA) is 24.5 Å². The molecule has 2 atom stereocenters. The normalized spacial score (nSPS) is 23.8. The maximum absolute atomic E-state index is 5.90. The van der Waals surface area contributed by atoms with Gasteiger partial charge < -0.3 is 10.1 Å². The third-order valence-electron chi connectivity index (χ3n) is 4.20. The van der Waals surface area contributed by atoms with E-state index in [1.165, 1.54) is 24.9 Å². The summed E-state index contributed by atoms with van der Waals surface area (Å²) in [6, 6.07) is 9.04. The van der Waals surface area contributed by atoms with E-state index in [1.54, 1.807) is 0 Å². The van der Waals surface area contributed by atoms with Crippen molar-refractivity contribution in [1.29, 1.82) is 0 Å². The lowest BCUT2D eigenvalue weighted by atomic mass is 9.93. The summed E-state index contributed by atoms with van der Waals surface area (Å²) in [5.41, 5.74) is 1.27. The Morgan fingerprint density at radius 2 is 2.20 bits per heavy atom. The van der Waals surface area contributed by atoms with Gasteiger partial charge in [0.05, 0.1) is 0 Å². The van der Waals surface area contributed by atoms with Crippen LogP contribution < -0.4 is 10.1 Å². The minimum absolute atomic E-state index is 0.693. The highest BCUT2D eigenvalue weighted by atomic mass is 16.5. The molecule has 0 spiro atoms. The Balaban J connectivity index is 1.76. The molecule has 0 amide bonds. The van der Waals surface area contributed by atoms with Gasteiger partial charge in [-0.15, -0.1) is 0 Å². The number of nitrogens with zero attached hydrogens (tertiary/aromatic N) is 1. The second kappa shape index (κ2) is 7.65. The summed E-state index contributed by atoms with van der Waals surface area (Å²) in [5, 5.41) is 3.17. The summed E-state index contributed by atoms with van der Waals surface area (Å²) in [4.78, 5) is 2.55. The number of nitrogens with one attached hydrogen (secondary N) is 1. The summed E-state index contributed by atoms with van der Waals surface area (Å²) in [6.45, 7) is 8.61. The van der Waals surface area contributed by atoms with Gasteiger partial charge in [0.1, 0.15) is 12.4 Å². The number of likely N-dealkylation sites (tertiary alicyclic amines) is 1. The highest BCUT2D eigenvalue weighted by Crippen LogP contribution is 2.21. The molecule has 1 saturated heterocycles. The van der Waals surface area contributed by atoms with Gasteiger partial charge in [-0.05, 0) is 57.0 Å². The van der Waals surface area contributed by atoms with E-state index in [2.05, 4.69) is 42.3 Å². The first-order chi connectivity index (χ1) is 9.69. The van der Waals surface area contributed by atoms with Crippen LogP contribution in [0.2, 0.25) is 0 Å². The number of hydrogen-bond donors (Lipinski definition) is 1. The van der Waals surface area contributed by atoms with E-state index >= 15 is 0 Å². The molecule has 1 fully saturated rings. The summed E-state index contributed by atoms with van der Waals surface area (Å²) < 4.78 is 5.90. The maximum atomic E-state index is 5.90. The van der Waals surface area contributed by atoms with Gasteiger partial charge in [0, 0.05) is 19.1 Å². The third-order valence-corrected chi connectivity index (χ3v) is 4.20. The smallest absolute Gasteiger partial charge is 0.119 e. The molecule has 1 aromatic rings. The van der Waals surface area contributed by atoms with E-state index in [-0.39, 0.29) is 0 Å². The quantitative estimate of drug-likeness (QED) is 0.864. The lowest BCUT2D eigenvalue weighted by Crippen LogP contribution is -2.42. The average molecular weight is 276 g/mol. The maximum Gasteiger partial charge on any atom is 0.119 e. The minimum atomic E-state index is 0.693. The van der Waals surface area contributed by atoms with Crippen molar-refractivity contribution in [3.05, 3.63) is 29.8 Å². The third kappa shape index (κ3) is 4.50. The fourth-order valence-corrected chi connectivity index (χ4v) is 3.02. The molecule has 0 aliphatic carbocycles. The summed E-state index contributed by atoms with van der Waals surface area (Å²) in [5.74, 6) is 1.86. The van der Waals surface area contributed by atoms with Crippen LogP contribution in [-0.2, 0) is 6.54 Å². The van der Waals surface area contributed by atoms with Crippen molar-refractivity contribution in [3.63, 3.8) is 0 Å². The van der Waals surface area contributed by atoms with E-state index in [1.807, 2.05) is 13.1 Å². The molecule has 1 aliphatic rings. The summed E-state index contributed by atoms with van der Waals surface area (Å²) in [6.07, 6.45) is 2.64. The Kier molecular flexibility index (Phi) is 5.86. The van der Waals surface area contributed by atoms with Gasteiger partial charge >= 0.3 is 0 Å². The Labute approximate surface area is 123 Å². The molecule has 3 heteroatoms. The molecule has 3 nitrogen and oxygen atoms in total. The molecule has 1 aliphatic heterocycles. The van der Waals surface area contributed by atoms with Crippen molar-refractivity contribution >= 4 is 0 Å². The van der Waals surface area contributed by atoms with Gasteiger partial charge in [0.15, 0.2) is 0 Å². The van der Waals surface area contributed by atoms with Crippen molar-refractivity contribution in [2.24, 2.45) is 5.92 Å². The second-order valence-corrected chi connectivity index (χ2v) is 6.04. The lowest BCUT2D eigenvalue weighted by molar-refractivity contribution is 0.109. The molecule has 0 aromatic heterocycles. The van der Waals surface area contributed by atoms with Crippen molar-refractivity contribution in [2.75, 3.05) is 26.7 Å². The minimum Gasteiger partial charge on any atom is -0.492 e. The fraction of sp³-hybridized carbons (Fsp3) is 0.647. The predicted octanol–water partition coefficient (Wildman–Crippen LogP) is 2.91. The number of piperidine rings is 1. The number of rotatable bonds is 6. The van der Waals surface area contributed by atoms with E-state index < -0.39 is 0 Å². The van der Waals surface area contributed by atoms with E-state index in [4.69, 9.17) is 4.74 Å². The van der Waals surface area contributed by atoms with Gasteiger partial charge in [-0.3, -0.25) is 4.90 Å². The molecule has 1 heterocycles. The average Bonchev–Trinajstić information content (AvgIpc) is 2.42. The first-order valence-corrected chi connectivity index (χ1v) is 7.79. The molecular weight excluding hydrogens is 248 g/mol. The van der Waals surface area contributed by atoms with Crippen LogP contribution in [-0.4, -0.2) is 37.7 Å². The van der Waals surface area contributed by atoms with Crippen LogP contribution in [0.3, 0.4) is 0 Å². The first kappa shape index (κ1) is 15.3. The van der Waals surface area contributed by atoms with Gasteiger partial charge in [-0.1, -0.05) is 19.1 Å². The number of ether oxygens (including phenoxy) is 1. The number of benzene rings is 1. The van der Waals surface area contributed by atoms with Crippen molar-refractivity contribution in [1.82, 2.24) is 10.2 Å². The Hall–Kier alpha value is -1.06. The highest BCUT2D eigenvalue weighted by Gasteiger charge is 2.22. The van der Waals surface area contributed by atoms with Crippen LogP contribution in [0, 0.1) is 5.92 Å². The van der Waals surface area contributed by atoms with E-state index in [0.717, 1.165) is 31.4 Å². The van der Waals surface area contributed by atoms with Crippen LogP contribution >= 0.6 is 0 Å². The molecular formula is C17H28N2O. The zero-order valence-corrected chi connectivity index (χ0v) is 13.1. The van der Waals surface area contributed by atoms with Crippen LogP contribution in [0.4, 0.5) is 0 Å². The van der Waals surface area contributed by atoms with Gasteiger partial charge in [0.2, 0.25) is 0 Å². The highest BCUT2D eigenvalue weighted by molar-refractivity contribution is 5.28. The molecule has 2 unspecified atom stereocenters. The molecule has 20 heavy (non-hydrogen) atoms. The molecule has 0 saturated carbocycles. The largest absolute Gasteiger partial charge is 0.492 e. The Bertz CT molecular complexity index is 408. The molecule has 0 bridgehead atoms.